The van der Waals surface area contributed by atoms with Crippen LogP contribution in [0.5, 0.6) is 0 Å². The van der Waals surface area contributed by atoms with Crippen molar-refractivity contribution in [2.75, 3.05) is 21.1 Å². The van der Waals surface area contributed by atoms with Gasteiger partial charge in [-0.25, -0.2) is 0 Å². The van der Waals surface area contributed by atoms with Crippen molar-refractivity contribution in [2.45, 2.75) is 0 Å². The van der Waals surface area contributed by atoms with E-state index in [-0.39, 0.29) is 0 Å². The number of hydrogen-bond donors (Lipinski definition) is 0. The van der Waals surface area contributed by atoms with E-state index in [2.05, 4.69) is 10.4 Å². The van der Waals surface area contributed by atoms with Crippen LogP contribution in [0.4, 0.5) is 0 Å². The molecule has 0 rings (SSSR count). The second-order valence-electron chi connectivity index (χ2n) is 2.01. The molecule has 0 aromatic heterocycles. The quantitative estimate of drug-likeness (QED) is 0.358. The molecule has 0 heterocycles. The highest BCUT2D eigenvalue weighted by atomic mass is 28.2. The Morgan fingerprint density at radius 1 is 1.20 bits per heavy atom. The fourth-order valence-corrected chi connectivity index (χ4v) is 0. The molecule has 0 aliphatic rings. The molecule has 0 aliphatic heterocycles. The molecule has 0 amide bonds. The second-order valence-corrected chi connectivity index (χ2v) is 3.35. The van der Waals surface area contributed by atoms with Crippen molar-refractivity contribution < 1.29 is 4.15 Å². The van der Waals surface area contributed by atoms with Gasteiger partial charge in [0.05, 0.1) is 21.1 Å². The van der Waals surface area contributed by atoms with Gasteiger partial charge in [0.1, 0.15) is 0 Å². The Bertz CT molecular complexity index is 22.4. The average molecular weight is 87.2 g/mol. The third-order valence-electron chi connectivity index (χ3n) is 0. The van der Waals surface area contributed by atoms with Gasteiger partial charge >= 0.3 is 10.4 Å². The normalized spacial score (nSPS) is 12.0. The van der Waals surface area contributed by atoms with Crippen molar-refractivity contribution in [3.63, 3.8) is 0 Å². The first-order chi connectivity index (χ1) is 2.00. The van der Waals surface area contributed by atoms with Crippen molar-refractivity contribution in [1.82, 2.24) is 0 Å². The van der Waals surface area contributed by atoms with Crippen LogP contribution in [0.1, 0.15) is 0 Å². The molecule has 0 saturated heterocycles. The Morgan fingerprint density at radius 3 is 1.20 bits per heavy atom. The van der Waals surface area contributed by atoms with E-state index in [1.54, 1.807) is 0 Å². The highest BCUT2D eigenvalue weighted by molar-refractivity contribution is 5.96. The lowest BCUT2D eigenvalue weighted by Gasteiger charge is -2.14. The predicted molar refractivity (Wildman–Crippen MR) is 23.8 cm³/mol. The smallest absolute Gasteiger partial charge is 0.386 e. The predicted octanol–water partition coefficient (Wildman–Crippen LogP) is -0.224. The van der Waals surface area contributed by atoms with Crippen LogP contribution in [0, 0.1) is 0 Å². The molecule has 2 heteroatoms. The molecule has 0 fully saturated rings. The summed E-state index contributed by atoms with van der Waals surface area (Å²) >= 11 is 0. The first-order valence-electron chi connectivity index (χ1n) is 1.57. The second kappa shape index (κ2) is 1.10. The Kier molecular flexibility index (Phi) is 1.14. The number of hydrogen-bond acceptors (Lipinski definition) is 0. The van der Waals surface area contributed by atoms with Gasteiger partial charge < -0.3 is 4.15 Å². The molecule has 0 aliphatic carbocycles. The Labute approximate surface area is 36.7 Å². The van der Waals surface area contributed by atoms with Gasteiger partial charge in [-0.3, -0.25) is 0 Å². The van der Waals surface area contributed by atoms with Crippen LogP contribution in [-0.2, 0) is 0 Å². The minimum atomic E-state index is 0.806. The molecule has 29 valence electrons. The van der Waals surface area contributed by atoms with Gasteiger partial charge in [0, 0.05) is 0 Å². The summed E-state index contributed by atoms with van der Waals surface area (Å²) in [6.45, 7) is 0. The van der Waals surface area contributed by atoms with Crippen LogP contribution in [0.3, 0.4) is 0 Å². The SMILES string of the molecule is C[N+](C)(C)[Si]. The summed E-state index contributed by atoms with van der Waals surface area (Å²) in [6.07, 6.45) is 0. The van der Waals surface area contributed by atoms with E-state index in [9.17, 15) is 0 Å². The zero-order chi connectivity index (χ0) is 4.50. The van der Waals surface area contributed by atoms with E-state index in [1.807, 2.05) is 21.1 Å². The zero-order valence-corrected chi connectivity index (χ0v) is 4.95. The molecular formula is C3H9NSi+. The van der Waals surface area contributed by atoms with Crippen LogP contribution in [0.25, 0.3) is 0 Å². The van der Waals surface area contributed by atoms with Crippen molar-refractivity contribution in [3.8, 4) is 0 Å². The maximum atomic E-state index is 3.36. The summed E-state index contributed by atoms with van der Waals surface area (Å²) in [5, 5.41) is 0. The van der Waals surface area contributed by atoms with Crippen LogP contribution >= 0.6 is 0 Å². The first-order valence-corrected chi connectivity index (χ1v) is 2.01. The highest BCUT2D eigenvalue weighted by Gasteiger charge is 1.91. The molecule has 0 bridgehead atoms. The van der Waals surface area contributed by atoms with Crippen molar-refractivity contribution in [3.05, 3.63) is 0 Å². The van der Waals surface area contributed by atoms with E-state index in [4.69, 9.17) is 0 Å². The first kappa shape index (κ1) is 5.18. The van der Waals surface area contributed by atoms with E-state index < -0.39 is 0 Å². The lowest BCUT2D eigenvalue weighted by atomic mass is 11.0. The average Bonchev–Trinajstić information content (AvgIpc) is 0.722. The minimum Gasteiger partial charge on any atom is -0.386 e. The molecule has 0 N–H and O–H groups in total. The lowest BCUT2D eigenvalue weighted by Crippen LogP contribution is -2.29. The monoisotopic (exact) mass is 87.0 g/mol. The minimum absolute atomic E-state index is 0.806. The summed E-state index contributed by atoms with van der Waals surface area (Å²) in [5.74, 6) is 0. The third-order valence-corrected chi connectivity index (χ3v) is 0. The lowest BCUT2D eigenvalue weighted by molar-refractivity contribution is -0.749. The molecule has 0 spiro atoms. The van der Waals surface area contributed by atoms with Gasteiger partial charge in [-0.2, -0.15) is 0 Å². The molecule has 1 nitrogen and oxygen atoms in total. The molecule has 0 atom stereocenters. The standard InChI is InChI=1S/C3H9NSi/c1-4(2,3)5/h1-3H3/q+1. The summed E-state index contributed by atoms with van der Waals surface area (Å²) in [4.78, 5) is 0. The Hall–Kier alpha value is 0.177. The molecule has 0 aromatic carbocycles. The summed E-state index contributed by atoms with van der Waals surface area (Å²) in [7, 11) is 9.47. The van der Waals surface area contributed by atoms with Crippen LogP contribution in [0.2, 0.25) is 0 Å². The molecular weight excluding hydrogens is 78.1 g/mol. The summed E-state index contributed by atoms with van der Waals surface area (Å²) < 4.78 is 0.806. The molecule has 0 aromatic rings. The molecule has 3 radical (unpaired) electrons. The summed E-state index contributed by atoms with van der Waals surface area (Å²) in [5.41, 5.74) is 0. The molecule has 0 saturated carbocycles. The zero-order valence-electron chi connectivity index (χ0n) is 3.95. The van der Waals surface area contributed by atoms with Gasteiger partial charge in [0.2, 0.25) is 0 Å². The fraction of sp³-hybridized carbons (Fsp3) is 1.00. The Balaban J connectivity index is 3.02. The number of rotatable bonds is 0. The number of quaternary nitrogens is 1. The third kappa shape index (κ3) is 633. The van der Waals surface area contributed by atoms with Crippen LogP contribution in [-0.4, -0.2) is 35.7 Å². The van der Waals surface area contributed by atoms with Gasteiger partial charge in [0.15, 0.2) is 0 Å². The van der Waals surface area contributed by atoms with E-state index in [0.29, 0.717) is 0 Å². The fourth-order valence-electron chi connectivity index (χ4n) is 0. The van der Waals surface area contributed by atoms with Gasteiger partial charge in [-0.1, -0.05) is 0 Å². The maximum Gasteiger partial charge on any atom is 0.449 e. The number of nitrogens with zero attached hydrogens (tertiary/aromatic N) is 1. The van der Waals surface area contributed by atoms with Gasteiger partial charge in [-0.05, 0) is 0 Å². The summed E-state index contributed by atoms with van der Waals surface area (Å²) in [6, 6.07) is 0. The van der Waals surface area contributed by atoms with E-state index >= 15 is 0 Å². The van der Waals surface area contributed by atoms with Gasteiger partial charge in [0.25, 0.3) is 0 Å². The Morgan fingerprint density at radius 2 is 1.20 bits per heavy atom. The topological polar surface area (TPSA) is 0 Å². The van der Waals surface area contributed by atoms with Crippen molar-refractivity contribution in [2.24, 2.45) is 0 Å². The van der Waals surface area contributed by atoms with Crippen molar-refractivity contribution >= 4 is 10.4 Å². The molecule has 5 heavy (non-hydrogen) atoms. The molecule has 0 unspecified atom stereocenters. The van der Waals surface area contributed by atoms with Gasteiger partial charge in [-0.15, -0.1) is 0 Å². The van der Waals surface area contributed by atoms with Crippen molar-refractivity contribution in [1.29, 1.82) is 0 Å². The highest BCUT2D eigenvalue weighted by Crippen LogP contribution is 1.71. The largest absolute Gasteiger partial charge is 0.449 e. The van der Waals surface area contributed by atoms with Crippen LogP contribution in [0.15, 0.2) is 0 Å². The maximum absolute atomic E-state index is 3.36. The van der Waals surface area contributed by atoms with E-state index in [0.717, 1.165) is 4.15 Å². The van der Waals surface area contributed by atoms with E-state index in [1.165, 1.54) is 0 Å². The van der Waals surface area contributed by atoms with Crippen LogP contribution < -0.4 is 0 Å².